The van der Waals surface area contributed by atoms with E-state index in [0.29, 0.717) is 0 Å². The van der Waals surface area contributed by atoms with Gasteiger partial charge in [-0.25, -0.2) is 0 Å². The van der Waals surface area contributed by atoms with Crippen LogP contribution < -0.4 is 0 Å². The van der Waals surface area contributed by atoms with E-state index in [2.05, 4.69) is 9.72 Å². The van der Waals surface area contributed by atoms with Gasteiger partial charge in [0.1, 0.15) is 6.29 Å². The summed E-state index contributed by atoms with van der Waals surface area (Å²) in [5, 5.41) is 0. The second-order valence-corrected chi connectivity index (χ2v) is 2.96. The number of carbonyl (C=O) groups excluding carboxylic acids is 1. The zero-order chi connectivity index (χ0) is 14.8. The van der Waals surface area contributed by atoms with Crippen LogP contribution in [0.3, 0.4) is 0 Å². The number of hydrogen-bond acceptors (Lipinski definition) is 3. The molecule has 0 aliphatic heterocycles. The second-order valence-electron chi connectivity index (χ2n) is 2.96. The van der Waals surface area contributed by atoms with Crippen molar-refractivity contribution in [3.63, 3.8) is 0 Å². The Balaban J connectivity index is 0. The van der Waals surface area contributed by atoms with Crippen LogP contribution in [0, 0.1) is 0 Å². The minimum absolute atomic E-state index is 0.729. The van der Waals surface area contributed by atoms with Gasteiger partial charge in [0.15, 0.2) is 0 Å². The van der Waals surface area contributed by atoms with E-state index in [0.717, 1.165) is 11.8 Å². The first-order chi connectivity index (χ1) is 9.35. The van der Waals surface area contributed by atoms with E-state index in [4.69, 9.17) is 0 Å². The SMILES string of the molecule is CC.COC.O=Cc1ccccc1.c1ccncc1. The van der Waals surface area contributed by atoms with Crippen LogP contribution in [0.4, 0.5) is 0 Å². The van der Waals surface area contributed by atoms with Gasteiger partial charge in [0.05, 0.1) is 0 Å². The van der Waals surface area contributed by atoms with Crippen molar-refractivity contribution in [1.29, 1.82) is 0 Å². The lowest BCUT2D eigenvalue weighted by atomic mass is 10.2. The molecule has 0 atom stereocenters. The molecule has 0 spiro atoms. The number of pyridine rings is 1. The lowest BCUT2D eigenvalue weighted by Crippen LogP contribution is -1.73. The number of aldehydes is 1. The molecule has 1 aromatic heterocycles. The third-order valence-electron chi connectivity index (χ3n) is 1.50. The molecule has 2 aromatic rings. The molecule has 0 aliphatic rings. The van der Waals surface area contributed by atoms with Crippen LogP contribution in [0.15, 0.2) is 60.9 Å². The maximum atomic E-state index is 10.0. The van der Waals surface area contributed by atoms with Gasteiger partial charge in [0, 0.05) is 32.2 Å². The lowest BCUT2D eigenvalue weighted by Gasteiger charge is -1.81. The van der Waals surface area contributed by atoms with Crippen LogP contribution in [0.2, 0.25) is 0 Å². The summed E-state index contributed by atoms with van der Waals surface area (Å²) >= 11 is 0. The van der Waals surface area contributed by atoms with Crippen LogP contribution in [0.1, 0.15) is 24.2 Å². The molecule has 0 radical (unpaired) electrons. The highest BCUT2D eigenvalue weighted by atomic mass is 16.4. The Hall–Kier alpha value is -2.00. The van der Waals surface area contributed by atoms with Crippen molar-refractivity contribution in [1.82, 2.24) is 4.98 Å². The molecule has 0 aliphatic carbocycles. The summed E-state index contributed by atoms with van der Waals surface area (Å²) in [4.78, 5) is 13.8. The van der Waals surface area contributed by atoms with Crippen LogP contribution in [0.25, 0.3) is 0 Å². The smallest absolute Gasteiger partial charge is 0.150 e. The molecular formula is C16H23NO2. The quantitative estimate of drug-likeness (QED) is 0.731. The largest absolute Gasteiger partial charge is 0.388 e. The average molecular weight is 261 g/mol. The van der Waals surface area contributed by atoms with E-state index in [1.807, 2.05) is 50.2 Å². The molecule has 3 heteroatoms. The van der Waals surface area contributed by atoms with E-state index in [1.165, 1.54) is 0 Å². The Morgan fingerprint density at radius 1 is 0.895 bits per heavy atom. The third kappa shape index (κ3) is 16.0. The normalized spacial score (nSPS) is 7.37. The van der Waals surface area contributed by atoms with Crippen molar-refractivity contribution in [2.75, 3.05) is 14.2 Å². The maximum Gasteiger partial charge on any atom is 0.150 e. The molecule has 0 amide bonds. The van der Waals surface area contributed by atoms with E-state index >= 15 is 0 Å². The summed E-state index contributed by atoms with van der Waals surface area (Å²) < 4.78 is 4.25. The van der Waals surface area contributed by atoms with Crippen molar-refractivity contribution >= 4 is 6.29 Å². The molecule has 0 unspecified atom stereocenters. The average Bonchev–Trinajstić information content (AvgIpc) is 2.53. The van der Waals surface area contributed by atoms with E-state index in [-0.39, 0.29) is 0 Å². The summed E-state index contributed by atoms with van der Waals surface area (Å²) in [6.45, 7) is 4.00. The molecule has 0 bridgehead atoms. The number of ether oxygens (including phenoxy) is 1. The molecule has 0 saturated heterocycles. The van der Waals surface area contributed by atoms with Gasteiger partial charge in [-0.15, -0.1) is 0 Å². The Kier molecular flexibility index (Phi) is 18.7. The Morgan fingerprint density at radius 3 is 1.53 bits per heavy atom. The lowest BCUT2D eigenvalue weighted by molar-refractivity contribution is 0.112. The highest BCUT2D eigenvalue weighted by molar-refractivity contribution is 5.74. The van der Waals surface area contributed by atoms with Gasteiger partial charge in [0.25, 0.3) is 0 Å². The second kappa shape index (κ2) is 18.4. The minimum atomic E-state index is 0.729. The van der Waals surface area contributed by atoms with Crippen LogP contribution in [-0.2, 0) is 4.74 Å². The molecule has 104 valence electrons. The molecule has 1 heterocycles. The van der Waals surface area contributed by atoms with E-state index in [1.54, 1.807) is 38.7 Å². The summed E-state index contributed by atoms with van der Waals surface area (Å²) in [6.07, 6.45) is 4.33. The predicted octanol–water partition coefficient (Wildman–Crippen LogP) is 3.87. The minimum Gasteiger partial charge on any atom is -0.388 e. The standard InChI is InChI=1S/C7H6O.C5H5N.C2H6O.C2H6/c8-6-7-4-2-1-3-5-7;1-2-4-6-5-3-1;1-3-2;1-2/h1-6H;1-5H;1-2H3;1-2H3. The molecular weight excluding hydrogens is 238 g/mol. The van der Waals surface area contributed by atoms with Crippen LogP contribution in [0.5, 0.6) is 0 Å². The van der Waals surface area contributed by atoms with Crippen molar-refractivity contribution < 1.29 is 9.53 Å². The topological polar surface area (TPSA) is 39.2 Å². The summed E-state index contributed by atoms with van der Waals surface area (Å²) in [7, 11) is 3.25. The fourth-order valence-electron chi connectivity index (χ4n) is 0.844. The first kappa shape index (κ1) is 19.3. The van der Waals surface area contributed by atoms with Crippen molar-refractivity contribution in [2.24, 2.45) is 0 Å². The summed E-state index contributed by atoms with van der Waals surface area (Å²) in [6, 6.07) is 14.8. The number of hydrogen-bond donors (Lipinski definition) is 0. The number of methoxy groups -OCH3 is 1. The number of nitrogens with zero attached hydrogens (tertiary/aromatic N) is 1. The van der Waals surface area contributed by atoms with Crippen molar-refractivity contribution in [2.45, 2.75) is 13.8 Å². The third-order valence-corrected chi connectivity index (χ3v) is 1.50. The molecule has 3 nitrogen and oxygen atoms in total. The predicted molar refractivity (Wildman–Crippen MR) is 80.3 cm³/mol. The monoisotopic (exact) mass is 261 g/mol. The molecule has 2 rings (SSSR count). The van der Waals surface area contributed by atoms with E-state index in [9.17, 15) is 4.79 Å². The van der Waals surface area contributed by atoms with Crippen molar-refractivity contribution in [3.05, 3.63) is 66.5 Å². The van der Waals surface area contributed by atoms with Gasteiger partial charge < -0.3 is 4.74 Å². The number of rotatable bonds is 1. The fourth-order valence-corrected chi connectivity index (χ4v) is 0.844. The van der Waals surface area contributed by atoms with Gasteiger partial charge in [-0.05, 0) is 12.1 Å². The Morgan fingerprint density at radius 2 is 1.32 bits per heavy atom. The number of aromatic nitrogens is 1. The van der Waals surface area contributed by atoms with E-state index < -0.39 is 0 Å². The van der Waals surface area contributed by atoms with Crippen LogP contribution in [-0.4, -0.2) is 25.5 Å². The summed E-state index contributed by atoms with van der Waals surface area (Å²) in [5.74, 6) is 0. The van der Waals surface area contributed by atoms with Gasteiger partial charge in [0.2, 0.25) is 0 Å². The van der Waals surface area contributed by atoms with Crippen LogP contribution >= 0.6 is 0 Å². The van der Waals surface area contributed by atoms with Gasteiger partial charge in [-0.3, -0.25) is 9.78 Å². The first-order valence-electron chi connectivity index (χ1n) is 6.10. The molecule has 0 saturated carbocycles. The number of benzene rings is 1. The van der Waals surface area contributed by atoms with Gasteiger partial charge >= 0.3 is 0 Å². The zero-order valence-electron chi connectivity index (χ0n) is 12.1. The molecule has 0 N–H and O–H groups in total. The maximum absolute atomic E-state index is 10.0. The van der Waals surface area contributed by atoms with Gasteiger partial charge in [-0.2, -0.15) is 0 Å². The number of carbonyl (C=O) groups is 1. The molecule has 19 heavy (non-hydrogen) atoms. The molecule has 0 fully saturated rings. The molecule has 1 aromatic carbocycles. The Bertz CT molecular complexity index is 336. The van der Waals surface area contributed by atoms with Crippen molar-refractivity contribution in [3.8, 4) is 0 Å². The summed E-state index contributed by atoms with van der Waals surface area (Å²) in [5.41, 5.74) is 0.729. The Labute approximate surface area is 116 Å². The van der Waals surface area contributed by atoms with Gasteiger partial charge in [-0.1, -0.05) is 50.2 Å². The highest BCUT2D eigenvalue weighted by Gasteiger charge is 1.79. The zero-order valence-corrected chi connectivity index (χ0v) is 12.1. The fraction of sp³-hybridized carbons (Fsp3) is 0.250. The highest BCUT2D eigenvalue weighted by Crippen LogP contribution is 1.91. The first-order valence-corrected chi connectivity index (χ1v) is 6.10.